The molecule has 3 heterocycles. The van der Waals surface area contributed by atoms with Crippen molar-refractivity contribution in [2.75, 3.05) is 5.84 Å². The maximum absolute atomic E-state index is 6.13. The molecule has 9 heteroatoms. The molecule has 0 amide bonds. The first kappa shape index (κ1) is 15.9. The van der Waals surface area contributed by atoms with Crippen LogP contribution >= 0.6 is 23.1 Å². The van der Waals surface area contributed by atoms with Gasteiger partial charge in [-0.05, 0) is 18.4 Å². The number of hydrogen-bond donors (Lipinski definition) is 1. The van der Waals surface area contributed by atoms with E-state index in [4.69, 9.17) is 10.4 Å². The summed E-state index contributed by atoms with van der Waals surface area (Å²) >= 11 is 2.99. The van der Waals surface area contributed by atoms with Crippen LogP contribution in [-0.4, -0.2) is 25.0 Å². The van der Waals surface area contributed by atoms with E-state index in [1.165, 1.54) is 22.0 Å². The van der Waals surface area contributed by atoms with Crippen molar-refractivity contribution in [3.05, 3.63) is 52.5 Å². The highest BCUT2D eigenvalue weighted by atomic mass is 32.2. The number of nitrogens with zero attached hydrogens (tertiary/aromatic N) is 5. The van der Waals surface area contributed by atoms with Crippen LogP contribution in [0.5, 0.6) is 0 Å². The molecule has 0 aliphatic heterocycles. The molecule has 25 heavy (non-hydrogen) atoms. The van der Waals surface area contributed by atoms with Gasteiger partial charge < -0.3 is 10.4 Å². The lowest BCUT2D eigenvalue weighted by Crippen LogP contribution is -2.11. The van der Waals surface area contributed by atoms with Crippen molar-refractivity contribution in [3.8, 4) is 22.8 Å². The first-order chi connectivity index (χ1) is 12.2. The monoisotopic (exact) mass is 370 g/mol. The molecule has 0 aliphatic rings. The Morgan fingerprint density at radius 1 is 1.16 bits per heavy atom. The average Bonchev–Trinajstić information content (AvgIpc) is 3.35. The lowest BCUT2D eigenvalue weighted by atomic mass is 10.1. The zero-order chi connectivity index (χ0) is 17.2. The minimum Gasteiger partial charge on any atom is -0.338 e. The van der Waals surface area contributed by atoms with Crippen molar-refractivity contribution in [2.24, 2.45) is 0 Å². The van der Waals surface area contributed by atoms with E-state index in [1.54, 1.807) is 11.3 Å². The second-order valence-corrected chi connectivity index (χ2v) is 7.08. The summed E-state index contributed by atoms with van der Waals surface area (Å²) in [5.41, 5.74) is 3.05. The highest BCUT2D eigenvalue weighted by Crippen LogP contribution is 2.25. The Morgan fingerprint density at radius 2 is 2.00 bits per heavy atom. The average molecular weight is 370 g/mol. The SMILES string of the molecule is Cc1ccc(-c2nnc(SCc3nc(-c4ccsc4)no3)n2N)cc1. The van der Waals surface area contributed by atoms with E-state index >= 15 is 0 Å². The van der Waals surface area contributed by atoms with Gasteiger partial charge in [-0.1, -0.05) is 46.7 Å². The number of aromatic nitrogens is 5. The van der Waals surface area contributed by atoms with Gasteiger partial charge in [-0.2, -0.15) is 16.3 Å². The van der Waals surface area contributed by atoms with Crippen LogP contribution in [0.3, 0.4) is 0 Å². The first-order valence-corrected chi connectivity index (χ1v) is 9.39. The number of hydrogen-bond acceptors (Lipinski definition) is 8. The van der Waals surface area contributed by atoms with E-state index in [0.717, 1.165) is 11.1 Å². The van der Waals surface area contributed by atoms with E-state index in [9.17, 15) is 0 Å². The minimum atomic E-state index is 0.473. The smallest absolute Gasteiger partial charge is 0.237 e. The Labute approximate surface area is 151 Å². The van der Waals surface area contributed by atoms with Crippen LogP contribution in [0.2, 0.25) is 0 Å². The van der Waals surface area contributed by atoms with Gasteiger partial charge in [-0.15, -0.1) is 10.2 Å². The Bertz CT molecular complexity index is 975. The second kappa shape index (κ2) is 6.69. The number of thiophene rings is 1. The summed E-state index contributed by atoms with van der Waals surface area (Å²) < 4.78 is 6.76. The maximum atomic E-state index is 6.13. The number of thioether (sulfide) groups is 1. The van der Waals surface area contributed by atoms with Crippen LogP contribution in [0.4, 0.5) is 0 Å². The van der Waals surface area contributed by atoms with Crippen LogP contribution in [0.25, 0.3) is 22.8 Å². The van der Waals surface area contributed by atoms with Crippen molar-refractivity contribution in [2.45, 2.75) is 17.8 Å². The maximum Gasteiger partial charge on any atom is 0.237 e. The second-order valence-electron chi connectivity index (χ2n) is 5.35. The van der Waals surface area contributed by atoms with E-state index in [1.807, 2.05) is 48.0 Å². The molecule has 7 nitrogen and oxygen atoms in total. The summed E-state index contributed by atoms with van der Waals surface area (Å²) in [5, 5.41) is 16.9. The Balaban J connectivity index is 1.48. The predicted molar refractivity (Wildman–Crippen MR) is 97.5 cm³/mol. The molecule has 0 saturated carbocycles. The molecular weight excluding hydrogens is 356 g/mol. The van der Waals surface area contributed by atoms with E-state index < -0.39 is 0 Å². The molecule has 0 fully saturated rings. The van der Waals surface area contributed by atoms with Crippen molar-refractivity contribution in [1.82, 2.24) is 25.0 Å². The summed E-state index contributed by atoms with van der Waals surface area (Å²) in [6.45, 7) is 2.03. The lowest BCUT2D eigenvalue weighted by molar-refractivity contribution is 0.391. The molecule has 4 rings (SSSR count). The summed E-state index contributed by atoms with van der Waals surface area (Å²) in [5.74, 6) is 8.32. The quantitative estimate of drug-likeness (QED) is 0.425. The van der Waals surface area contributed by atoms with Crippen molar-refractivity contribution >= 4 is 23.1 Å². The highest BCUT2D eigenvalue weighted by molar-refractivity contribution is 7.98. The summed E-state index contributed by atoms with van der Waals surface area (Å²) in [6.07, 6.45) is 0. The van der Waals surface area contributed by atoms with E-state index in [0.29, 0.717) is 28.4 Å². The van der Waals surface area contributed by atoms with Crippen LogP contribution < -0.4 is 5.84 Å². The molecule has 0 spiro atoms. The topological polar surface area (TPSA) is 95.6 Å². The van der Waals surface area contributed by atoms with Gasteiger partial charge in [0.25, 0.3) is 0 Å². The fourth-order valence-corrected chi connectivity index (χ4v) is 3.55. The predicted octanol–water partition coefficient (Wildman–Crippen LogP) is 3.37. The Kier molecular flexibility index (Phi) is 4.24. The summed E-state index contributed by atoms with van der Waals surface area (Å²) in [7, 11) is 0. The number of aryl methyl sites for hydroxylation is 1. The number of benzene rings is 1. The van der Waals surface area contributed by atoms with Gasteiger partial charge in [0.05, 0.1) is 5.75 Å². The highest BCUT2D eigenvalue weighted by Gasteiger charge is 2.15. The van der Waals surface area contributed by atoms with Crippen LogP contribution in [0.15, 0.2) is 50.8 Å². The Morgan fingerprint density at radius 3 is 2.76 bits per heavy atom. The molecule has 0 unspecified atom stereocenters. The molecular formula is C16H14N6OS2. The van der Waals surface area contributed by atoms with Gasteiger partial charge in [0.1, 0.15) is 0 Å². The molecule has 3 aromatic heterocycles. The third kappa shape index (κ3) is 3.28. The third-order valence-electron chi connectivity index (χ3n) is 3.55. The van der Waals surface area contributed by atoms with Gasteiger partial charge in [0, 0.05) is 16.5 Å². The van der Waals surface area contributed by atoms with E-state index in [2.05, 4.69) is 20.3 Å². The number of rotatable bonds is 5. The molecule has 0 aliphatic carbocycles. The van der Waals surface area contributed by atoms with Crippen molar-refractivity contribution in [1.29, 1.82) is 0 Å². The van der Waals surface area contributed by atoms with Crippen LogP contribution in [-0.2, 0) is 5.75 Å². The zero-order valence-corrected chi connectivity index (χ0v) is 14.9. The molecule has 2 N–H and O–H groups in total. The van der Waals surface area contributed by atoms with E-state index in [-0.39, 0.29) is 0 Å². The third-order valence-corrected chi connectivity index (χ3v) is 5.16. The largest absolute Gasteiger partial charge is 0.338 e. The normalized spacial score (nSPS) is 11.1. The summed E-state index contributed by atoms with van der Waals surface area (Å²) in [6, 6.07) is 9.93. The van der Waals surface area contributed by atoms with Crippen LogP contribution in [0.1, 0.15) is 11.5 Å². The summed E-state index contributed by atoms with van der Waals surface area (Å²) in [4.78, 5) is 4.38. The fraction of sp³-hybridized carbons (Fsp3) is 0.125. The fourth-order valence-electron chi connectivity index (χ4n) is 2.22. The molecule has 1 aromatic carbocycles. The standard InChI is InChI=1S/C16H14N6OS2/c1-10-2-4-11(5-3-10)15-19-20-16(22(15)17)25-9-13-18-14(21-23-13)12-6-7-24-8-12/h2-8H,9,17H2,1H3. The lowest BCUT2D eigenvalue weighted by Gasteiger charge is -2.03. The number of nitrogen functional groups attached to an aromatic ring is 1. The van der Waals surface area contributed by atoms with Crippen LogP contribution in [0, 0.1) is 6.92 Å². The minimum absolute atomic E-state index is 0.473. The zero-order valence-electron chi connectivity index (χ0n) is 13.3. The Hall–Kier alpha value is -2.65. The van der Waals surface area contributed by atoms with Gasteiger partial charge in [-0.25, -0.2) is 4.68 Å². The van der Waals surface area contributed by atoms with Crippen molar-refractivity contribution < 1.29 is 4.52 Å². The van der Waals surface area contributed by atoms with Gasteiger partial charge >= 0.3 is 0 Å². The van der Waals surface area contributed by atoms with Gasteiger partial charge in [0.15, 0.2) is 5.82 Å². The molecule has 0 radical (unpaired) electrons. The van der Waals surface area contributed by atoms with Gasteiger partial charge in [0.2, 0.25) is 16.9 Å². The molecule has 0 saturated heterocycles. The first-order valence-electron chi connectivity index (χ1n) is 7.46. The molecule has 0 bridgehead atoms. The van der Waals surface area contributed by atoms with Crippen molar-refractivity contribution in [3.63, 3.8) is 0 Å². The molecule has 0 atom stereocenters. The van der Waals surface area contributed by atoms with Gasteiger partial charge in [-0.3, -0.25) is 0 Å². The number of nitrogens with two attached hydrogens (primary N) is 1. The molecule has 4 aromatic rings. The molecule has 126 valence electrons.